The van der Waals surface area contributed by atoms with Crippen LogP contribution in [0.5, 0.6) is 5.75 Å². The summed E-state index contributed by atoms with van der Waals surface area (Å²) in [5, 5.41) is 21.9. The van der Waals surface area contributed by atoms with Crippen LogP contribution in [-0.2, 0) is 6.61 Å². The quantitative estimate of drug-likeness (QED) is 0.162. The average Bonchev–Trinajstić information content (AvgIpc) is 3.40. The minimum Gasteiger partial charge on any atom is -0.489 e. The second-order valence-electron chi connectivity index (χ2n) is 9.32. The minimum absolute atomic E-state index is 0.0893. The standard InChI is InChI=1S/C31H27N7O5/c1-33-27(39)21-9-13-24(14-10-21)34-30-36-29(32)38(37-30)31(42)35-25-11-7-20(8-12-25)22-15-23(28(40)41)17-26(16-22)43-18-19-5-3-2-4-6-19/h2-17H,18H2,1H3,(H,33,39)(H,35,42)(H,40,41)(H3,32,34,36,37). The Bertz CT molecular complexity index is 1770. The maximum Gasteiger partial charge on any atom is 0.349 e. The highest BCUT2D eigenvalue weighted by Gasteiger charge is 2.15. The van der Waals surface area contributed by atoms with Crippen LogP contribution in [0.25, 0.3) is 11.1 Å². The highest BCUT2D eigenvalue weighted by Crippen LogP contribution is 2.28. The lowest BCUT2D eigenvalue weighted by atomic mass is 10.0. The molecule has 43 heavy (non-hydrogen) atoms. The Labute approximate surface area is 246 Å². The molecule has 1 aromatic heterocycles. The topological polar surface area (TPSA) is 173 Å². The van der Waals surface area contributed by atoms with E-state index in [1.165, 1.54) is 6.07 Å². The molecule has 0 bridgehead atoms. The maximum atomic E-state index is 12.9. The Hall–Kier alpha value is -6.17. The van der Waals surface area contributed by atoms with Crippen molar-refractivity contribution in [1.29, 1.82) is 0 Å². The number of carbonyl (C=O) groups is 3. The number of carboxylic acid groups (broad SMARTS) is 1. The molecule has 0 aliphatic rings. The smallest absolute Gasteiger partial charge is 0.349 e. The molecule has 0 aliphatic heterocycles. The lowest BCUT2D eigenvalue weighted by Crippen LogP contribution is -2.22. The average molecular weight is 578 g/mol. The fraction of sp³-hybridized carbons (Fsp3) is 0.0645. The summed E-state index contributed by atoms with van der Waals surface area (Å²) in [6, 6.07) is 27.2. The molecule has 6 N–H and O–H groups in total. The lowest BCUT2D eigenvalue weighted by molar-refractivity contribution is 0.0696. The van der Waals surface area contributed by atoms with Crippen molar-refractivity contribution in [2.75, 3.05) is 23.4 Å². The molecule has 0 radical (unpaired) electrons. The van der Waals surface area contributed by atoms with Gasteiger partial charge in [-0.05, 0) is 71.3 Å². The van der Waals surface area contributed by atoms with Gasteiger partial charge in [-0.3, -0.25) is 4.79 Å². The second-order valence-corrected chi connectivity index (χ2v) is 9.32. The summed E-state index contributed by atoms with van der Waals surface area (Å²) in [6.45, 7) is 0.293. The first-order valence-corrected chi connectivity index (χ1v) is 13.1. The van der Waals surface area contributed by atoms with Gasteiger partial charge in [-0.2, -0.15) is 4.98 Å². The number of ether oxygens (including phenoxy) is 1. The maximum absolute atomic E-state index is 12.9. The third-order valence-corrected chi connectivity index (χ3v) is 6.33. The fourth-order valence-electron chi connectivity index (χ4n) is 4.14. The normalized spacial score (nSPS) is 10.5. The van der Waals surface area contributed by atoms with Crippen molar-refractivity contribution in [2.24, 2.45) is 0 Å². The number of benzene rings is 4. The van der Waals surface area contributed by atoms with Crippen molar-refractivity contribution in [3.63, 3.8) is 0 Å². The third-order valence-electron chi connectivity index (χ3n) is 6.33. The molecule has 0 saturated carbocycles. The zero-order valence-corrected chi connectivity index (χ0v) is 22.9. The van der Waals surface area contributed by atoms with Crippen molar-refractivity contribution >= 4 is 41.2 Å². The van der Waals surface area contributed by atoms with Gasteiger partial charge >= 0.3 is 12.0 Å². The molecular formula is C31H27N7O5. The predicted octanol–water partition coefficient (Wildman–Crippen LogP) is 4.99. The van der Waals surface area contributed by atoms with Gasteiger partial charge in [0.15, 0.2) is 0 Å². The third kappa shape index (κ3) is 6.95. The van der Waals surface area contributed by atoms with Crippen LogP contribution in [0.4, 0.5) is 28.1 Å². The molecule has 0 saturated heterocycles. The van der Waals surface area contributed by atoms with E-state index < -0.39 is 12.0 Å². The van der Waals surface area contributed by atoms with E-state index in [1.807, 2.05) is 30.3 Å². The van der Waals surface area contributed by atoms with E-state index in [9.17, 15) is 19.5 Å². The van der Waals surface area contributed by atoms with Crippen molar-refractivity contribution in [2.45, 2.75) is 6.61 Å². The number of hydrogen-bond donors (Lipinski definition) is 5. The Morgan fingerprint density at radius 1 is 0.860 bits per heavy atom. The van der Waals surface area contributed by atoms with Crippen LogP contribution in [0.2, 0.25) is 0 Å². The van der Waals surface area contributed by atoms with E-state index >= 15 is 0 Å². The van der Waals surface area contributed by atoms with E-state index in [0.717, 1.165) is 15.8 Å². The number of carboxylic acids is 1. The summed E-state index contributed by atoms with van der Waals surface area (Å²) in [5.41, 5.74) is 9.87. The zero-order chi connectivity index (χ0) is 30.3. The molecule has 4 aromatic carbocycles. The molecule has 5 aromatic rings. The fourth-order valence-corrected chi connectivity index (χ4v) is 4.14. The van der Waals surface area contributed by atoms with Gasteiger partial charge in [-0.1, -0.05) is 42.5 Å². The van der Waals surface area contributed by atoms with Crippen LogP contribution in [-0.4, -0.2) is 44.8 Å². The number of rotatable bonds is 9. The van der Waals surface area contributed by atoms with Gasteiger partial charge in [0.2, 0.25) is 11.9 Å². The molecule has 12 nitrogen and oxygen atoms in total. The monoisotopic (exact) mass is 577 g/mol. The summed E-state index contributed by atoms with van der Waals surface area (Å²) in [4.78, 5) is 40.4. The van der Waals surface area contributed by atoms with Crippen LogP contribution in [0.15, 0.2) is 97.1 Å². The predicted molar refractivity (Wildman–Crippen MR) is 162 cm³/mol. The molecule has 2 amide bonds. The number of nitrogens with one attached hydrogen (secondary N) is 3. The number of carbonyl (C=O) groups excluding carboxylic acids is 2. The summed E-state index contributed by atoms with van der Waals surface area (Å²) >= 11 is 0. The Kier molecular flexibility index (Phi) is 8.28. The van der Waals surface area contributed by atoms with Gasteiger partial charge in [0.1, 0.15) is 12.4 Å². The second kappa shape index (κ2) is 12.6. The number of amides is 2. The van der Waals surface area contributed by atoms with E-state index in [1.54, 1.807) is 67.7 Å². The van der Waals surface area contributed by atoms with Gasteiger partial charge in [0, 0.05) is 24.0 Å². The first kappa shape index (κ1) is 28.4. The molecule has 12 heteroatoms. The highest BCUT2D eigenvalue weighted by molar-refractivity contribution is 5.94. The summed E-state index contributed by atoms with van der Waals surface area (Å²) in [6.07, 6.45) is 0. The molecular weight excluding hydrogens is 550 g/mol. The van der Waals surface area contributed by atoms with Crippen LogP contribution < -0.4 is 26.4 Å². The van der Waals surface area contributed by atoms with E-state index in [2.05, 4.69) is 26.0 Å². The first-order valence-electron chi connectivity index (χ1n) is 13.1. The zero-order valence-electron chi connectivity index (χ0n) is 22.9. The Morgan fingerprint density at radius 2 is 1.56 bits per heavy atom. The van der Waals surface area contributed by atoms with Gasteiger partial charge in [0.05, 0.1) is 5.56 Å². The molecule has 0 atom stereocenters. The SMILES string of the molecule is CNC(=O)c1ccc(Nc2nc(N)n(C(=O)Nc3ccc(-c4cc(OCc5ccccc5)cc(C(=O)O)c4)cc3)n2)cc1. The van der Waals surface area contributed by atoms with Crippen molar-refractivity contribution in [3.05, 3.63) is 114 Å². The number of anilines is 4. The van der Waals surface area contributed by atoms with Crippen molar-refractivity contribution in [1.82, 2.24) is 20.1 Å². The first-order chi connectivity index (χ1) is 20.8. The molecule has 5 rings (SSSR count). The number of hydrogen-bond acceptors (Lipinski definition) is 8. The van der Waals surface area contributed by atoms with Gasteiger partial charge in [0.25, 0.3) is 5.91 Å². The molecule has 0 spiro atoms. The number of nitrogens with zero attached hydrogens (tertiary/aromatic N) is 3. The summed E-state index contributed by atoms with van der Waals surface area (Å²) in [7, 11) is 1.55. The van der Waals surface area contributed by atoms with E-state index in [-0.39, 0.29) is 23.4 Å². The van der Waals surface area contributed by atoms with Crippen LogP contribution in [0, 0.1) is 0 Å². The lowest BCUT2D eigenvalue weighted by Gasteiger charge is -2.11. The van der Waals surface area contributed by atoms with Crippen LogP contribution in [0.1, 0.15) is 26.3 Å². The number of aromatic carboxylic acids is 1. The Morgan fingerprint density at radius 3 is 2.23 bits per heavy atom. The van der Waals surface area contributed by atoms with Gasteiger partial charge < -0.3 is 31.5 Å². The molecule has 0 fully saturated rings. The largest absolute Gasteiger partial charge is 0.489 e. The van der Waals surface area contributed by atoms with E-state index in [4.69, 9.17) is 10.5 Å². The number of nitrogen functional groups attached to an aromatic ring is 1. The molecule has 0 aliphatic carbocycles. The summed E-state index contributed by atoms with van der Waals surface area (Å²) < 4.78 is 6.79. The highest BCUT2D eigenvalue weighted by atomic mass is 16.5. The van der Waals surface area contributed by atoms with Crippen molar-refractivity contribution in [3.8, 4) is 16.9 Å². The minimum atomic E-state index is -1.07. The van der Waals surface area contributed by atoms with E-state index in [0.29, 0.717) is 34.9 Å². The number of aromatic nitrogens is 3. The van der Waals surface area contributed by atoms with Crippen LogP contribution >= 0.6 is 0 Å². The Balaban J connectivity index is 1.26. The number of nitrogens with two attached hydrogens (primary N) is 1. The molecule has 1 heterocycles. The summed E-state index contributed by atoms with van der Waals surface area (Å²) in [5.74, 6) is -0.902. The molecule has 216 valence electrons. The van der Waals surface area contributed by atoms with Crippen LogP contribution in [0.3, 0.4) is 0 Å². The van der Waals surface area contributed by atoms with Gasteiger partial charge in [-0.25, -0.2) is 9.59 Å². The molecule has 0 unspecified atom stereocenters. The van der Waals surface area contributed by atoms with Crippen molar-refractivity contribution < 1.29 is 24.2 Å². The van der Waals surface area contributed by atoms with Gasteiger partial charge in [-0.15, -0.1) is 9.78 Å².